The van der Waals surface area contributed by atoms with Crippen molar-refractivity contribution in [3.8, 4) is 0 Å². The van der Waals surface area contributed by atoms with Crippen LogP contribution in [0.5, 0.6) is 0 Å². The first-order chi connectivity index (χ1) is 7.50. The van der Waals surface area contributed by atoms with Crippen LogP contribution in [0.1, 0.15) is 37.6 Å². The zero-order valence-electron chi connectivity index (χ0n) is 9.96. The van der Waals surface area contributed by atoms with E-state index in [9.17, 15) is 4.79 Å². The van der Waals surface area contributed by atoms with E-state index in [1.54, 1.807) is 12.1 Å². The summed E-state index contributed by atoms with van der Waals surface area (Å²) in [5.74, 6) is 0.472. The van der Waals surface area contributed by atoms with Gasteiger partial charge in [-0.3, -0.25) is 4.79 Å². The van der Waals surface area contributed by atoms with Crippen LogP contribution in [0.3, 0.4) is 0 Å². The zero-order chi connectivity index (χ0) is 12.1. The molecule has 1 rings (SSSR count). The van der Waals surface area contributed by atoms with E-state index in [0.717, 1.165) is 6.42 Å². The molecule has 0 unspecified atom stereocenters. The third-order valence-corrected chi connectivity index (χ3v) is 2.65. The van der Waals surface area contributed by atoms with Gasteiger partial charge in [-0.2, -0.15) is 0 Å². The maximum atomic E-state index is 11.9. The number of nitrogens with one attached hydrogen (secondary N) is 1. The first-order valence-electron chi connectivity index (χ1n) is 5.56. The molecule has 0 heterocycles. The monoisotopic (exact) mass is 239 g/mol. The van der Waals surface area contributed by atoms with Gasteiger partial charge in [-0.25, -0.2) is 0 Å². The maximum absolute atomic E-state index is 11.9. The average Bonchev–Trinajstić information content (AvgIpc) is 2.16. The first-order valence-corrected chi connectivity index (χ1v) is 5.94. The van der Waals surface area contributed by atoms with Crippen LogP contribution in [-0.4, -0.2) is 11.9 Å². The lowest BCUT2D eigenvalue weighted by molar-refractivity contribution is 0.0936. The molecule has 0 radical (unpaired) electrons. The number of carbonyl (C=O) groups is 1. The van der Waals surface area contributed by atoms with Gasteiger partial charge in [-0.15, -0.1) is 0 Å². The minimum absolute atomic E-state index is 0.0984. The second-order valence-electron chi connectivity index (χ2n) is 4.48. The van der Waals surface area contributed by atoms with E-state index < -0.39 is 0 Å². The Morgan fingerprint density at radius 2 is 1.94 bits per heavy atom. The standard InChI is InChI=1S/C13H18ClNO/c1-9(2)8-10(3)15-13(16)11-6-4-5-7-12(11)14/h4-7,9-10H,8H2,1-3H3,(H,15,16)/t10-/m0/s1. The van der Waals surface area contributed by atoms with Crippen molar-refractivity contribution in [1.29, 1.82) is 0 Å². The van der Waals surface area contributed by atoms with Crippen molar-refractivity contribution >= 4 is 17.5 Å². The fourth-order valence-electron chi connectivity index (χ4n) is 1.71. The third kappa shape index (κ3) is 3.86. The molecule has 3 heteroatoms. The molecule has 0 aliphatic heterocycles. The van der Waals surface area contributed by atoms with E-state index >= 15 is 0 Å². The van der Waals surface area contributed by atoms with Crippen LogP contribution in [-0.2, 0) is 0 Å². The fourth-order valence-corrected chi connectivity index (χ4v) is 1.93. The minimum Gasteiger partial charge on any atom is -0.350 e. The van der Waals surface area contributed by atoms with Gasteiger partial charge in [0.1, 0.15) is 0 Å². The van der Waals surface area contributed by atoms with Crippen LogP contribution in [0.4, 0.5) is 0 Å². The van der Waals surface area contributed by atoms with Gasteiger partial charge in [-0.05, 0) is 31.4 Å². The molecule has 0 saturated heterocycles. The van der Waals surface area contributed by atoms with Crippen molar-refractivity contribution < 1.29 is 4.79 Å². The summed E-state index contributed by atoms with van der Waals surface area (Å²) in [5, 5.41) is 3.44. The van der Waals surface area contributed by atoms with E-state index in [-0.39, 0.29) is 11.9 Å². The molecular weight excluding hydrogens is 222 g/mol. The highest BCUT2D eigenvalue weighted by Gasteiger charge is 2.12. The number of hydrogen-bond donors (Lipinski definition) is 1. The van der Waals surface area contributed by atoms with Crippen molar-refractivity contribution in [3.05, 3.63) is 34.9 Å². The van der Waals surface area contributed by atoms with Gasteiger partial charge >= 0.3 is 0 Å². The van der Waals surface area contributed by atoms with Gasteiger partial charge in [0.2, 0.25) is 0 Å². The minimum atomic E-state index is -0.0984. The summed E-state index contributed by atoms with van der Waals surface area (Å²) in [7, 11) is 0. The van der Waals surface area contributed by atoms with Crippen molar-refractivity contribution in [1.82, 2.24) is 5.32 Å². The summed E-state index contributed by atoms with van der Waals surface area (Å²) in [6, 6.07) is 7.26. The van der Waals surface area contributed by atoms with E-state index in [2.05, 4.69) is 19.2 Å². The molecule has 1 atom stereocenters. The number of carbonyl (C=O) groups excluding carboxylic acids is 1. The lowest BCUT2D eigenvalue weighted by Crippen LogP contribution is -2.33. The number of hydrogen-bond acceptors (Lipinski definition) is 1. The summed E-state index contributed by atoms with van der Waals surface area (Å²) >= 11 is 5.95. The van der Waals surface area contributed by atoms with Crippen molar-refractivity contribution in [2.75, 3.05) is 0 Å². The molecule has 1 aromatic carbocycles. The predicted octanol–water partition coefficient (Wildman–Crippen LogP) is 3.50. The van der Waals surface area contributed by atoms with Gasteiger partial charge in [-0.1, -0.05) is 37.6 Å². The Hall–Kier alpha value is -1.02. The lowest BCUT2D eigenvalue weighted by atomic mass is 10.0. The first kappa shape index (κ1) is 13.0. The Morgan fingerprint density at radius 3 is 2.50 bits per heavy atom. The maximum Gasteiger partial charge on any atom is 0.252 e. The van der Waals surface area contributed by atoms with E-state index in [0.29, 0.717) is 16.5 Å². The van der Waals surface area contributed by atoms with Crippen LogP contribution in [0.15, 0.2) is 24.3 Å². The summed E-state index contributed by atoms with van der Waals surface area (Å²) < 4.78 is 0. The van der Waals surface area contributed by atoms with E-state index in [1.807, 2.05) is 19.1 Å². The van der Waals surface area contributed by atoms with Crippen molar-refractivity contribution in [2.45, 2.75) is 33.2 Å². The molecule has 2 nitrogen and oxygen atoms in total. The highest BCUT2D eigenvalue weighted by Crippen LogP contribution is 2.15. The van der Waals surface area contributed by atoms with Gasteiger partial charge in [0, 0.05) is 6.04 Å². The van der Waals surface area contributed by atoms with Crippen LogP contribution in [0.2, 0.25) is 5.02 Å². The molecule has 0 aliphatic rings. The zero-order valence-corrected chi connectivity index (χ0v) is 10.7. The summed E-state index contributed by atoms with van der Waals surface area (Å²) in [6.45, 7) is 6.28. The Bertz CT molecular complexity index is 363. The largest absolute Gasteiger partial charge is 0.350 e. The average molecular weight is 240 g/mol. The molecule has 0 spiro atoms. The summed E-state index contributed by atoms with van der Waals surface area (Å²) in [5.41, 5.74) is 0.541. The quantitative estimate of drug-likeness (QED) is 0.856. The molecular formula is C13H18ClNO. The van der Waals surface area contributed by atoms with Crippen LogP contribution >= 0.6 is 11.6 Å². The topological polar surface area (TPSA) is 29.1 Å². The Morgan fingerprint density at radius 1 is 1.31 bits per heavy atom. The molecule has 0 saturated carbocycles. The van der Waals surface area contributed by atoms with E-state index in [1.165, 1.54) is 0 Å². The lowest BCUT2D eigenvalue weighted by Gasteiger charge is -2.16. The highest BCUT2D eigenvalue weighted by molar-refractivity contribution is 6.33. The Kier molecular flexibility index (Phi) is 4.81. The molecule has 88 valence electrons. The molecule has 1 amide bonds. The predicted molar refractivity (Wildman–Crippen MR) is 67.8 cm³/mol. The van der Waals surface area contributed by atoms with Gasteiger partial charge in [0.05, 0.1) is 10.6 Å². The summed E-state index contributed by atoms with van der Waals surface area (Å²) in [6.07, 6.45) is 0.968. The van der Waals surface area contributed by atoms with Gasteiger partial charge < -0.3 is 5.32 Å². The molecule has 0 aromatic heterocycles. The normalized spacial score (nSPS) is 12.6. The van der Waals surface area contributed by atoms with E-state index in [4.69, 9.17) is 11.6 Å². The smallest absolute Gasteiger partial charge is 0.252 e. The second-order valence-corrected chi connectivity index (χ2v) is 4.89. The molecule has 16 heavy (non-hydrogen) atoms. The molecule has 0 bridgehead atoms. The second kappa shape index (κ2) is 5.90. The summed E-state index contributed by atoms with van der Waals surface area (Å²) in [4.78, 5) is 11.9. The number of benzene rings is 1. The molecule has 0 fully saturated rings. The third-order valence-electron chi connectivity index (χ3n) is 2.32. The van der Waals surface area contributed by atoms with Crippen LogP contribution < -0.4 is 5.32 Å². The molecule has 0 aliphatic carbocycles. The van der Waals surface area contributed by atoms with Crippen LogP contribution in [0.25, 0.3) is 0 Å². The van der Waals surface area contributed by atoms with Crippen LogP contribution in [0, 0.1) is 5.92 Å². The molecule has 1 N–H and O–H groups in total. The van der Waals surface area contributed by atoms with Gasteiger partial charge in [0.15, 0.2) is 0 Å². The highest BCUT2D eigenvalue weighted by atomic mass is 35.5. The SMILES string of the molecule is CC(C)C[C@H](C)NC(=O)c1ccccc1Cl. The fraction of sp³-hybridized carbons (Fsp3) is 0.462. The molecule has 1 aromatic rings. The number of rotatable bonds is 4. The Labute approximate surface area is 102 Å². The Balaban J connectivity index is 2.63. The number of amides is 1. The number of halogens is 1. The van der Waals surface area contributed by atoms with Crippen molar-refractivity contribution in [2.24, 2.45) is 5.92 Å². The van der Waals surface area contributed by atoms with Gasteiger partial charge in [0.25, 0.3) is 5.91 Å². The van der Waals surface area contributed by atoms with Crippen molar-refractivity contribution in [3.63, 3.8) is 0 Å².